The molecule has 0 aliphatic rings. The van der Waals surface area contributed by atoms with Crippen molar-refractivity contribution in [3.05, 3.63) is 44.7 Å². The van der Waals surface area contributed by atoms with E-state index in [0.29, 0.717) is 16.9 Å². The van der Waals surface area contributed by atoms with Gasteiger partial charge in [-0.3, -0.25) is 9.36 Å². The SMILES string of the molecule is Cc1nc(Cn2cncc(Br)c2=O)oc1C. The zero-order valence-corrected chi connectivity index (χ0v) is 10.5. The molecule has 0 aliphatic heterocycles. The van der Waals surface area contributed by atoms with Gasteiger partial charge in [-0.2, -0.15) is 0 Å². The number of aryl methyl sites for hydroxylation is 2. The van der Waals surface area contributed by atoms with Gasteiger partial charge in [-0.1, -0.05) is 0 Å². The number of oxazole rings is 1. The van der Waals surface area contributed by atoms with E-state index in [-0.39, 0.29) is 5.56 Å². The van der Waals surface area contributed by atoms with Crippen molar-refractivity contribution in [2.75, 3.05) is 0 Å². The number of hydrogen-bond acceptors (Lipinski definition) is 4. The average Bonchev–Trinajstić information content (AvgIpc) is 2.54. The molecule has 0 atom stereocenters. The normalized spacial score (nSPS) is 10.7. The van der Waals surface area contributed by atoms with Crippen LogP contribution < -0.4 is 5.56 Å². The minimum absolute atomic E-state index is 0.150. The summed E-state index contributed by atoms with van der Waals surface area (Å²) in [4.78, 5) is 19.8. The van der Waals surface area contributed by atoms with Crippen LogP contribution in [0.4, 0.5) is 0 Å². The van der Waals surface area contributed by atoms with E-state index in [1.807, 2.05) is 13.8 Å². The Balaban J connectivity index is 2.34. The second kappa shape index (κ2) is 4.21. The summed E-state index contributed by atoms with van der Waals surface area (Å²) in [6.07, 6.45) is 2.92. The maximum absolute atomic E-state index is 11.7. The number of hydrogen-bond donors (Lipinski definition) is 0. The zero-order valence-electron chi connectivity index (χ0n) is 8.90. The Morgan fingerprint density at radius 2 is 2.25 bits per heavy atom. The molecule has 0 fully saturated rings. The van der Waals surface area contributed by atoms with Crippen LogP contribution in [0.25, 0.3) is 0 Å². The maximum atomic E-state index is 11.7. The Morgan fingerprint density at radius 3 is 2.88 bits per heavy atom. The lowest BCUT2D eigenvalue weighted by molar-refractivity contribution is 0.452. The first-order valence-corrected chi connectivity index (χ1v) is 5.50. The van der Waals surface area contributed by atoms with Crippen LogP contribution in [0, 0.1) is 13.8 Å². The molecule has 0 unspecified atom stereocenters. The average molecular weight is 284 g/mol. The third kappa shape index (κ3) is 2.06. The monoisotopic (exact) mass is 283 g/mol. The summed E-state index contributed by atoms with van der Waals surface area (Å²) >= 11 is 3.13. The quantitative estimate of drug-likeness (QED) is 0.841. The van der Waals surface area contributed by atoms with E-state index in [4.69, 9.17) is 4.42 Å². The molecule has 2 rings (SSSR count). The van der Waals surface area contributed by atoms with Crippen LogP contribution in [-0.2, 0) is 6.54 Å². The number of nitrogens with zero attached hydrogens (tertiary/aromatic N) is 3. The summed E-state index contributed by atoms with van der Waals surface area (Å²) in [7, 11) is 0. The van der Waals surface area contributed by atoms with Gasteiger partial charge in [0.2, 0.25) is 5.89 Å². The first kappa shape index (κ1) is 11.1. The van der Waals surface area contributed by atoms with Crippen LogP contribution in [-0.4, -0.2) is 14.5 Å². The molecule has 2 aromatic heterocycles. The van der Waals surface area contributed by atoms with Gasteiger partial charge in [0, 0.05) is 6.20 Å². The molecule has 84 valence electrons. The maximum Gasteiger partial charge on any atom is 0.268 e. The molecule has 0 radical (unpaired) electrons. The van der Waals surface area contributed by atoms with E-state index in [9.17, 15) is 4.79 Å². The molecular formula is C10H10BrN3O2. The van der Waals surface area contributed by atoms with Gasteiger partial charge in [0.15, 0.2) is 0 Å². The summed E-state index contributed by atoms with van der Waals surface area (Å²) in [6, 6.07) is 0. The van der Waals surface area contributed by atoms with Gasteiger partial charge in [0.25, 0.3) is 5.56 Å². The highest BCUT2D eigenvalue weighted by molar-refractivity contribution is 9.10. The third-order valence-corrected chi connectivity index (χ3v) is 2.78. The topological polar surface area (TPSA) is 60.9 Å². The Labute approximate surface area is 100 Å². The molecule has 2 aromatic rings. The zero-order chi connectivity index (χ0) is 11.7. The number of aromatic nitrogens is 3. The van der Waals surface area contributed by atoms with Gasteiger partial charge in [0.1, 0.15) is 16.8 Å². The third-order valence-electron chi connectivity index (χ3n) is 2.24. The molecule has 0 spiro atoms. The molecule has 0 aromatic carbocycles. The number of rotatable bonds is 2. The van der Waals surface area contributed by atoms with Crippen LogP contribution in [0.1, 0.15) is 17.3 Å². The standard InChI is InChI=1S/C10H10BrN3O2/c1-6-7(2)16-9(13-6)4-14-5-12-3-8(11)10(14)15/h3,5H,4H2,1-2H3. The lowest BCUT2D eigenvalue weighted by Crippen LogP contribution is -2.21. The first-order chi connectivity index (χ1) is 7.58. The molecular weight excluding hydrogens is 274 g/mol. The van der Waals surface area contributed by atoms with E-state index in [0.717, 1.165) is 11.5 Å². The van der Waals surface area contributed by atoms with Crippen molar-refractivity contribution < 1.29 is 4.42 Å². The van der Waals surface area contributed by atoms with Crippen molar-refractivity contribution >= 4 is 15.9 Å². The van der Waals surface area contributed by atoms with Crippen LogP contribution in [0.3, 0.4) is 0 Å². The highest BCUT2D eigenvalue weighted by atomic mass is 79.9. The molecule has 0 aliphatic carbocycles. The molecule has 2 heterocycles. The molecule has 0 saturated heterocycles. The van der Waals surface area contributed by atoms with Gasteiger partial charge in [-0.05, 0) is 29.8 Å². The van der Waals surface area contributed by atoms with Gasteiger partial charge < -0.3 is 4.42 Å². The summed E-state index contributed by atoms with van der Waals surface area (Å²) < 4.78 is 7.26. The van der Waals surface area contributed by atoms with E-state index < -0.39 is 0 Å². The van der Waals surface area contributed by atoms with Gasteiger partial charge >= 0.3 is 0 Å². The van der Waals surface area contributed by atoms with E-state index in [1.165, 1.54) is 17.1 Å². The van der Waals surface area contributed by atoms with Crippen molar-refractivity contribution in [3.8, 4) is 0 Å². The Hall–Kier alpha value is -1.43. The van der Waals surface area contributed by atoms with Gasteiger partial charge in [-0.25, -0.2) is 9.97 Å². The Bertz CT molecular complexity index is 554. The Kier molecular flexibility index (Phi) is 2.91. The fraction of sp³-hybridized carbons (Fsp3) is 0.300. The summed E-state index contributed by atoms with van der Waals surface area (Å²) in [5.41, 5.74) is 0.689. The molecule has 0 bridgehead atoms. The lowest BCUT2D eigenvalue weighted by Gasteiger charge is -2.01. The minimum atomic E-state index is -0.150. The predicted molar refractivity (Wildman–Crippen MR) is 61.3 cm³/mol. The van der Waals surface area contributed by atoms with Gasteiger partial charge in [0.05, 0.1) is 12.0 Å². The smallest absolute Gasteiger partial charge is 0.268 e. The first-order valence-electron chi connectivity index (χ1n) is 4.71. The fourth-order valence-electron chi connectivity index (χ4n) is 1.29. The molecule has 5 nitrogen and oxygen atoms in total. The van der Waals surface area contributed by atoms with Gasteiger partial charge in [-0.15, -0.1) is 0 Å². The molecule has 0 amide bonds. The predicted octanol–water partition coefficient (Wildman–Crippen LogP) is 1.66. The van der Waals surface area contributed by atoms with Crippen molar-refractivity contribution in [2.45, 2.75) is 20.4 Å². The molecule has 6 heteroatoms. The number of halogens is 1. The summed E-state index contributed by atoms with van der Waals surface area (Å²) in [6.45, 7) is 4.00. The van der Waals surface area contributed by atoms with Crippen molar-refractivity contribution in [2.24, 2.45) is 0 Å². The van der Waals surface area contributed by atoms with E-state index in [2.05, 4.69) is 25.9 Å². The summed E-state index contributed by atoms with van der Waals surface area (Å²) in [5, 5.41) is 0. The molecule has 0 saturated carbocycles. The van der Waals surface area contributed by atoms with Crippen LogP contribution in [0.5, 0.6) is 0 Å². The second-order valence-electron chi connectivity index (χ2n) is 3.42. The van der Waals surface area contributed by atoms with Crippen LogP contribution in [0.15, 0.2) is 26.2 Å². The largest absolute Gasteiger partial charge is 0.444 e. The van der Waals surface area contributed by atoms with E-state index in [1.54, 1.807) is 0 Å². The van der Waals surface area contributed by atoms with Crippen LogP contribution >= 0.6 is 15.9 Å². The van der Waals surface area contributed by atoms with Crippen LogP contribution in [0.2, 0.25) is 0 Å². The second-order valence-corrected chi connectivity index (χ2v) is 4.28. The lowest BCUT2D eigenvalue weighted by atomic mass is 10.4. The molecule has 0 N–H and O–H groups in total. The summed E-state index contributed by atoms with van der Waals surface area (Å²) in [5.74, 6) is 1.28. The minimum Gasteiger partial charge on any atom is -0.444 e. The highest BCUT2D eigenvalue weighted by Gasteiger charge is 2.08. The van der Waals surface area contributed by atoms with Crippen molar-refractivity contribution in [1.82, 2.24) is 14.5 Å². The Morgan fingerprint density at radius 1 is 1.50 bits per heavy atom. The highest BCUT2D eigenvalue weighted by Crippen LogP contribution is 2.09. The fourth-order valence-corrected chi connectivity index (χ4v) is 1.64. The van der Waals surface area contributed by atoms with Crippen molar-refractivity contribution in [3.63, 3.8) is 0 Å². The molecule has 16 heavy (non-hydrogen) atoms. The van der Waals surface area contributed by atoms with E-state index >= 15 is 0 Å². The van der Waals surface area contributed by atoms with Crippen molar-refractivity contribution in [1.29, 1.82) is 0 Å².